The molecule has 32 atom stereocenters. The molecular weight excluding hydrogens is 1570 g/mol. The second-order valence-electron chi connectivity index (χ2n) is 39.5. The average Bonchev–Trinajstić information content (AvgIpc) is 1.71. The van der Waals surface area contributed by atoms with E-state index in [1.165, 1.54) is 133 Å². The Balaban J connectivity index is 0.000000467. The minimum absolute atomic E-state index is 0.0125. The Labute approximate surface area is 768 Å². The van der Waals surface area contributed by atoms with Crippen molar-refractivity contribution in [2.24, 2.45) is 88.8 Å². The molecule has 1 saturated carbocycles. The van der Waals surface area contributed by atoms with E-state index < -0.39 is 0 Å². The maximum Gasteiger partial charge on any atom is 0.316 e. The van der Waals surface area contributed by atoms with Crippen molar-refractivity contribution in [3.8, 4) is 0 Å². The van der Waals surface area contributed by atoms with Crippen molar-refractivity contribution in [1.29, 1.82) is 0 Å². The van der Waals surface area contributed by atoms with Crippen LogP contribution in [0.15, 0.2) is 23.4 Å². The van der Waals surface area contributed by atoms with Gasteiger partial charge in [-0.05, 0) is 273 Å². The van der Waals surface area contributed by atoms with Gasteiger partial charge in [0.05, 0.1) is 18.8 Å². The lowest BCUT2D eigenvalue weighted by molar-refractivity contribution is -0.171. The van der Waals surface area contributed by atoms with E-state index in [0.717, 1.165) is 133 Å². The lowest BCUT2D eigenvalue weighted by atomic mass is 9.68. The smallest absolute Gasteiger partial charge is 0.316 e. The van der Waals surface area contributed by atoms with E-state index in [0.29, 0.717) is 110 Å². The molecule has 17 heteroatoms. The van der Waals surface area contributed by atoms with Gasteiger partial charge >= 0.3 is 29.8 Å². The zero-order chi connectivity index (χ0) is 92.8. The molecule has 0 bridgehead atoms. The molecule has 0 aromatic rings. The number of esters is 5. The Bertz CT molecular complexity index is 2780. The second kappa shape index (κ2) is 64.2. The minimum atomic E-state index is -0.364. The Morgan fingerprint density at radius 2 is 0.837 bits per heavy atom. The van der Waals surface area contributed by atoms with Crippen molar-refractivity contribution in [2.75, 3.05) is 5.75 Å². The van der Waals surface area contributed by atoms with E-state index in [4.69, 9.17) is 14.2 Å². The van der Waals surface area contributed by atoms with Gasteiger partial charge in [0.1, 0.15) is 18.3 Å². The summed E-state index contributed by atoms with van der Waals surface area (Å²) < 4.78 is 19.9. The average molecular weight is 1770 g/mol. The number of hydrogen-bond donors (Lipinski definition) is 6. The topological polar surface area (TPSA) is 194 Å². The van der Waals surface area contributed by atoms with E-state index in [1.807, 2.05) is 13.8 Å². The molecule has 9 heterocycles. The molecule has 14 unspecified atom stereocenters. The first kappa shape index (κ1) is 116. The van der Waals surface area contributed by atoms with Crippen LogP contribution in [0.25, 0.3) is 0 Å². The second-order valence-corrected chi connectivity index (χ2v) is 42.7. The van der Waals surface area contributed by atoms with Crippen LogP contribution in [0.1, 0.15) is 427 Å². The number of thioether (sulfide) groups is 2. The van der Waals surface area contributed by atoms with E-state index in [1.54, 1.807) is 5.57 Å². The van der Waals surface area contributed by atoms with Crippen molar-refractivity contribution >= 4 is 53.4 Å². The highest BCUT2D eigenvalue weighted by Crippen LogP contribution is 2.46. The van der Waals surface area contributed by atoms with Gasteiger partial charge in [-0.2, -0.15) is 23.5 Å². The quantitative estimate of drug-likeness (QED) is 0.0291. The number of fused-ring (bicyclic) bond motifs is 1. The Morgan fingerprint density at radius 1 is 0.374 bits per heavy atom. The van der Waals surface area contributed by atoms with Crippen LogP contribution in [0.2, 0.25) is 0 Å². The van der Waals surface area contributed by atoms with Gasteiger partial charge in [0.15, 0.2) is 0 Å². The summed E-state index contributed by atoms with van der Waals surface area (Å²) >= 11 is 4.37. The zero-order valence-corrected chi connectivity index (χ0v) is 87.6. The van der Waals surface area contributed by atoms with Crippen molar-refractivity contribution < 1.29 is 42.9 Å². The third kappa shape index (κ3) is 40.5. The molecule has 9 aliphatic heterocycles. The summed E-state index contributed by atoms with van der Waals surface area (Å²) in [5.41, 5.74) is 3.13. The van der Waals surface area contributed by atoms with Crippen LogP contribution in [0, 0.1) is 88.8 Å². The molecule has 11 rings (SSSR count). The van der Waals surface area contributed by atoms with Gasteiger partial charge in [0.2, 0.25) is 0 Å². The molecule has 11 aliphatic rings. The van der Waals surface area contributed by atoms with Crippen LogP contribution in [0.5, 0.6) is 0 Å². The lowest BCUT2D eigenvalue weighted by Crippen LogP contribution is -2.53. The fourth-order valence-electron chi connectivity index (χ4n) is 22.0. The molecule has 0 aromatic heterocycles. The number of ether oxygens (including phenoxy) is 4. The van der Waals surface area contributed by atoms with Crippen LogP contribution in [-0.2, 0) is 42.9 Å². The number of carbonyl (C=O) groups excluding carboxylic acids is 5. The summed E-state index contributed by atoms with van der Waals surface area (Å²) in [5.74, 6) is 11.7. The predicted molar refractivity (Wildman–Crippen MR) is 530 cm³/mol. The summed E-state index contributed by atoms with van der Waals surface area (Å²) in [6.45, 7) is 72.3. The van der Waals surface area contributed by atoms with Crippen LogP contribution in [-0.4, -0.2) is 136 Å². The van der Waals surface area contributed by atoms with E-state index >= 15 is 0 Å². The van der Waals surface area contributed by atoms with Crippen molar-refractivity contribution in [3.05, 3.63) is 23.4 Å². The van der Waals surface area contributed by atoms with Gasteiger partial charge in [0.25, 0.3) is 0 Å². The molecule has 2 aliphatic carbocycles. The van der Waals surface area contributed by atoms with Gasteiger partial charge in [-0.3, -0.25) is 24.0 Å². The van der Waals surface area contributed by atoms with Crippen molar-refractivity contribution in [3.63, 3.8) is 0 Å². The van der Waals surface area contributed by atoms with E-state index in [2.05, 4.69) is 280 Å². The summed E-state index contributed by atoms with van der Waals surface area (Å²) in [5, 5.41) is 25.3. The third-order valence-corrected chi connectivity index (χ3v) is 34.2. The SMILES string of the molecule is CCC1=C(CC)NC(C)C1.CC[C@@H]1CC(=O)O[C@@H]1CC.CC[C@@H]1CC(=O)O[C@@H]1CC.CC[C@@H]1CC(C)S[C@@H]1CC.CC[C@@H]1CC2C=CCC2C[C@@H]1CC.CC[C@@H]1CCC(=O)O[C@@H]1CC.CC[C@@H]1CSC(C)C[C@@H]1CC.CC[C@@H]1NC(C)C(C)C(C)CC(C)NC(C)[C@@H]1CC.CC[C@@H]1NC(C)C(C)NC(C)C(C)N[C@@H]1CC.CC[C@H]1CC(=O)OC(=O)[C@H]1CC. The summed E-state index contributed by atoms with van der Waals surface area (Å²) in [4.78, 5) is 54.4. The normalized spacial score (nSPS) is 37.8. The van der Waals surface area contributed by atoms with E-state index in [-0.39, 0.29) is 60.0 Å². The van der Waals surface area contributed by atoms with Crippen LogP contribution >= 0.6 is 23.5 Å². The standard InChI is InChI=1S/C17H36N2.C14H31N3.C13H22.C10H20S.C9H17N.C9H14O3.C9H16O2.C9H18S.2C8H14O2/c1-8-16-15(7)18-12(4)10-11(3)13(5)14(6)19-17(16)9-2;1-7-13-14(8-2)17-12(6)10(4)15-9(3)11(5)16-13;1-3-10-8-12-6-5-7-13(12)9-11(10)4-2;1-4-9-6-8(3)11-7-10(9)5-2;1-4-8-6-7(3)10-9(8)5-2;1-3-6-5-8(10)12-9(11)7(6)4-2;1-3-7-5-6-9(10)11-8(7)4-2;1-4-8-6-7(3)10-9(8)5-2;2*1-3-6-5-8(9)10-7(6)4-2/h11-19H,8-10H2,1-7H3;9-17H,7-8H2,1-6H3;5-6,10-13H,3-4,7-9H2,1-2H3;8-10H,4-7H2,1-3H3;7,10H,4-6H2,1-3H3;6-7H,3-5H2,1-2H3;7-8H,3-6H2,1-2H3;7-9H,4-6H2,1-3H3;2*6-7H,3-5H2,1-2H3/t11?,12?,13?,14?,15?,16-,17-;9?,10?,11?,12?,13-,14+;10-,11+,12?,13?;8?,9-,10+;;6-,7-;7-,8-;7?,8-,9-;2*6-,7-/m0.10.01111/s1. The number of cyclic esters (lactones) is 5. The summed E-state index contributed by atoms with van der Waals surface area (Å²) in [6, 6.07) is 6.39. The van der Waals surface area contributed by atoms with Gasteiger partial charge in [-0.25, -0.2) is 0 Å². The molecular formula is C106H202N6O9S2. The highest BCUT2D eigenvalue weighted by atomic mass is 32.2. The summed E-state index contributed by atoms with van der Waals surface area (Å²) in [7, 11) is 0. The Morgan fingerprint density at radius 3 is 1.28 bits per heavy atom. The maximum absolute atomic E-state index is 11.2. The van der Waals surface area contributed by atoms with Crippen LogP contribution in [0.4, 0.5) is 0 Å². The molecule has 0 spiro atoms. The molecule has 123 heavy (non-hydrogen) atoms. The molecule has 0 amide bonds. The number of rotatable bonds is 20. The van der Waals surface area contributed by atoms with Gasteiger partial charge in [0, 0.05) is 113 Å². The fraction of sp³-hybridized carbons (Fsp3) is 0.915. The fourth-order valence-corrected chi connectivity index (χ4v) is 25.2. The molecule has 0 aromatic carbocycles. The van der Waals surface area contributed by atoms with Crippen molar-refractivity contribution in [1.82, 2.24) is 31.9 Å². The minimum Gasteiger partial charge on any atom is -0.462 e. The lowest BCUT2D eigenvalue weighted by Gasteiger charge is -2.40. The summed E-state index contributed by atoms with van der Waals surface area (Å²) in [6.07, 6.45) is 42.0. The molecule has 0 radical (unpaired) electrons. The Hall–Kier alpha value is -2.67. The predicted octanol–water partition coefficient (Wildman–Crippen LogP) is 26.2. The van der Waals surface area contributed by atoms with Crippen molar-refractivity contribution in [2.45, 2.75) is 528 Å². The largest absolute Gasteiger partial charge is 0.462 e. The molecule has 8 saturated heterocycles. The highest BCUT2D eigenvalue weighted by molar-refractivity contribution is 8.00. The van der Waals surface area contributed by atoms with E-state index in [9.17, 15) is 24.0 Å². The number of carbonyl (C=O) groups is 5. The molecule has 9 fully saturated rings. The van der Waals surface area contributed by atoms with Gasteiger partial charge in [-0.1, -0.05) is 223 Å². The van der Waals surface area contributed by atoms with Gasteiger partial charge < -0.3 is 50.8 Å². The first-order chi connectivity index (χ1) is 58.6. The Kier molecular flexibility index (Phi) is 60.7. The molecule has 722 valence electrons. The first-order valence-electron chi connectivity index (χ1n) is 52.1. The first-order valence-corrected chi connectivity index (χ1v) is 54.1. The number of hydrogen-bond acceptors (Lipinski definition) is 17. The number of allylic oxidation sites excluding steroid dienone is 3. The highest BCUT2D eigenvalue weighted by Gasteiger charge is 2.40. The molecule has 6 N–H and O–H groups in total. The van der Waals surface area contributed by atoms with Gasteiger partial charge in [-0.15, -0.1) is 0 Å². The third-order valence-electron chi connectivity index (χ3n) is 31.1. The zero-order valence-electron chi connectivity index (χ0n) is 86.0. The molecule has 15 nitrogen and oxygen atoms in total. The number of nitrogens with one attached hydrogen (secondary N) is 6. The monoisotopic (exact) mass is 1770 g/mol. The maximum atomic E-state index is 11.2. The van der Waals surface area contributed by atoms with Crippen LogP contribution < -0.4 is 31.9 Å². The van der Waals surface area contributed by atoms with Crippen LogP contribution in [0.3, 0.4) is 0 Å².